The molecule has 2 aliphatic rings. The Balaban J connectivity index is 1.35. The van der Waals surface area contributed by atoms with Crippen molar-refractivity contribution in [3.63, 3.8) is 0 Å². The van der Waals surface area contributed by atoms with Gasteiger partial charge < -0.3 is 14.7 Å². The maximum absolute atomic E-state index is 14.1. The number of rotatable bonds is 3. The number of halogens is 1. The van der Waals surface area contributed by atoms with Crippen LogP contribution in [0.3, 0.4) is 0 Å². The first-order chi connectivity index (χ1) is 14.2. The number of benzene rings is 2. The summed E-state index contributed by atoms with van der Waals surface area (Å²) in [6, 6.07) is 18.0. The van der Waals surface area contributed by atoms with Gasteiger partial charge in [0.1, 0.15) is 23.8 Å². The second-order valence-electron chi connectivity index (χ2n) is 7.71. The fraction of sp³-hybridized carbons (Fsp3) is 0.304. The fourth-order valence-electron chi connectivity index (χ4n) is 4.44. The molecule has 0 N–H and O–H groups in total. The SMILES string of the molecule is CC1Cc2ccccc2N1c1cc(N2CCN(c3ccccc3F)CC2)ncn1. The summed E-state index contributed by atoms with van der Waals surface area (Å²) in [6.45, 7) is 5.37. The van der Waals surface area contributed by atoms with Crippen molar-refractivity contribution >= 4 is 23.0 Å². The minimum absolute atomic E-state index is 0.160. The van der Waals surface area contributed by atoms with Gasteiger partial charge in [-0.3, -0.25) is 0 Å². The second kappa shape index (κ2) is 7.35. The quantitative estimate of drug-likeness (QED) is 0.676. The lowest BCUT2D eigenvalue weighted by atomic mass is 10.1. The van der Waals surface area contributed by atoms with Crippen molar-refractivity contribution in [3.05, 3.63) is 72.3 Å². The highest BCUT2D eigenvalue weighted by Crippen LogP contribution is 2.37. The zero-order valence-corrected chi connectivity index (χ0v) is 16.5. The molecule has 0 radical (unpaired) electrons. The van der Waals surface area contributed by atoms with Crippen LogP contribution in [0.4, 0.5) is 27.4 Å². The van der Waals surface area contributed by atoms with Crippen LogP contribution in [0.2, 0.25) is 0 Å². The van der Waals surface area contributed by atoms with Crippen LogP contribution in [0.5, 0.6) is 0 Å². The maximum Gasteiger partial charge on any atom is 0.146 e. The van der Waals surface area contributed by atoms with Crippen molar-refractivity contribution in [2.75, 3.05) is 40.9 Å². The first-order valence-corrected chi connectivity index (χ1v) is 10.1. The van der Waals surface area contributed by atoms with E-state index >= 15 is 0 Å². The van der Waals surface area contributed by atoms with Crippen LogP contribution in [-0.2, 0) is 6.42 Å². The van der Waals surface area contributed by atoms with Gasteiger partial charge in [0.15, 0.2) is 0 Å². The Bertz CT molecular complexity index is 1020. The van der Waals surface area contributed by atoms with Crippen LogP contribution < -0.4 is 14.7 Å². The molecule has 2 aliphatic heterocycles. The first-order valence-electron chi connectivity index (χ1n) is 10.1. The van der Waals surface area contributed by atoms with Gasteiger partial charge in [0.2, 0.25) is 0 Å². The van der Waals surface area contributed by atoms with E-state index in [-0.39, 0.29) is 5.82 Å². The number of fused-ring (bicyclic) bond motifs is 1. The third-order valence-electron chi connectivity index (χ3n) is 5.89. The maximum atomic E-state index is 14.1. The van der Waals surface area contributed by atoms with Crippen LogP contribution in [0.1, 0.15) is 12.5 Å². The van der Waals surface area contributed by atoms with Gasteiger partial charge in [-0.1, -0.05) is 30.3 Å². The monoisotopic (exact) mass is 389 g/mol. The van der Waals surface area contributed by atoms with Gasteiger partial charge >= 0.3 is 0 Å². The molecular formula is C23H24FN5. The van der Waals surface area contributed by atoms with Crippen LogP contribution in [-0.4, -0.2) is 42.2 Å². The van der Waals surface area contributed by atoms with E-state index in [2.05, 4.69) is 61.9 Å². The van der Waals surface area contributed by atoms with Crippen molar-refractivity contribution in [1.29, 1.82) is 0 Å². The molecule has 5 rings (SSSR count). The Hall–Kier alpha value is -3.15. The summed E-state index contributed by atoms with van der Waals surface area (Å²) in [5, 5.41) is 0. The smallest absolute Gasteiger partial charge is 0.146 e. The Labute approximate surface area is 170 Å². The molecule has 148 valence electrons. The third-order valence-corrected chi connectivity index (χ3v) is 5.89. The predicted molar refractivity (Wildman–Crippen MR) is 115 cm³/mol. The molecule has 1 aromatic heterocycles. The van der Waals surface area contributed by atoms with Gasteiger partial charge in [-0.25, -0.2) is 14.4 Å². The predicted octanol–water partition coefficient (Wildman–Crippen LogP) is 4.03. The molecule has 3 aromatic rings. The lowest BCUT2D eigenvalue weighted by Crippen LogP contribution is -2.47. The second-order valence-corrected chi connectivity index (χ2v) is 7.71. The third kappa shape index (κ3) is 3.28. The van der Waals surface area contributed by atoms with Crippen molar-refractivity contribution < 1.29 is 4.39 Å². The van der Waals surface area contributed by atoms with Crippen LogP contribution >= 0.6 is 0 Å². The topological polar surface area (TPSA) is 35.5 Å². The number of piperazine rings is 1. The lowest BCUT2D eigenvalue weighted by Gasteiger charge is -2.37. The van der Waals surface area contributed by atoms with Crippen molar-refractivity contribution in [3.8, 4) is 0 Å². The fourth-order valence-corrected chi connectivity index (χ4v) is 4.44. The van der Waals surface area contributed by atoms with Crippen LogP contribution in [0, 0.1) is 5.82 Å². The molecule has 6 heteroatoms. The summed E-state index contributed by atoms with van der Waals surface area (Å²) in [7, 11) is 0. The highest BCUT2D eigenvalue weighted by molar-refractivity contribution is 5.70. The molecule has 0 aliphatic carbocycles. The van der Waals surface area contributed by atoms with Gasteiger partial charge in [-0.15, -0.1) is 0 Å². The molecule has 3 heterocycles. The Morgan fingerprint density at radius 3 is 2.28 bits per heavy atom. The summed E-state index contributed by atoms with van der Waals surface area (Å²) in [4.78, 5) is 15.8. The summed E-state index contributed by atoms with van der Waals surface area (Å²) in [6.07, 6.45) is 2.68. The molecular weight excluding hydrogens is 365 g/mol. The average molecular weight is 389 g/mol. The van der Waals surface area contributed by atoms with E-state index in [1.807, 2.05) is 12.1 Å². The van der Waals surface area contributed by atoms with Gasteiger partial charge in [0, 0.05) is 44.0 Å². The number of aromatic nitrogens is 2. The Morgan fingerprint density at radius 2 is 1.48 bits per heavy atom. The Morgan fingerprint density at radius 1 is 0.828 bits per heavy atom. The van der Waals surface area contributed by atoms with E-state index in [9.17, 15) is 4.39 Å². The van der Waals surface area contributed by atoms with E-state index in [1.54, 1.807) is 12.4 Å². The van der Waals surface area contributed by atoms with Crippen molar-refractivity contribution in [1.82, 2.24) is 9.97 Å². The first kappa shape index (κ1) is 17.9. The molecule has 0 spiro atoms. The largest absolute Gasteiger partial charge is 0.366 e. The minimum Gasteiger partial charge on any atom is -0.366 e. The molecule has 1 fully saturated rings. The molecule has 29 heavy (non-hydrogen) atoms. The molecule has 1 saturated heterocycles. The highest BCUT2D eigenvalue weighted by Gasteiger charge is 2.28. The van der Waals surface area contributed by atoms with E-state index in [0.29, 0.717) is 11.7 Å². The molecule has 1 unspecified atom stereocenters. The molecule has 0 saturated carbocycles. The van der Waals surface area contributed by atoms with Gasteiger partial charge in [0.25, 0.3) is 0 Å². The van der Waals surface area contributed by atoms with Crippen LogP contribution in [0.25, 0.3) is 0 Å². The number of para-hydroxylation sites is 2. The summed E-state index contributed by atoms with van der Waals surface area (Å²) in [5.74, 6) is 1.70. The summed E-state index contributed by atoms with van der Waals surface area (Å²) >= 11 is 0. The van der Waals surface area contributed by atoms with E-state index in [4.69, 9.17) is 0 Å². The molecule has 2 aromatic carbocycles. The zero-order chi connectivity index (χ0) is 19.8. The number of hydrogen-bond donors (Lipinski definition) is 0. The Kier molecular flexibility index (Phi) is 4.54. The summed E-state index contributed by atoms with van der Waals surface area (Å²) < 4.78 is 14.1. The number of hydrogen-bond acceptors (Lipinski definition) is 5. The van der Waals surface area contributed by atoms with Crippen molar-refractivity contribution in [2.24, 2.45) is 0 Å². The number of anilines is 4. The number of nitrogens with zero attached hydrogens (tertiary/aromatic N) is 5. The minimum atomic E-state index is -0.160. The summed E-state index contributed by atoms with van der Waals surface area (Å²) in [5.41, 5.74) is 3.27. The molecule has 0 amide bonds. The van der Waals surface area contributed by atoms with E-state index in [1.165, 1.54) is 17.3 Å². The molecule has 5 nitrogen and oxygen atoms in total. The van der Waals surface area contributed by atoms with Gasteiger partial charge in [-0.2, -0.15) is 0 Å². The lowest BCUT2D eigenvalue weighted by molar-refractivity contribution is 0.596. The van der Waals surface area contributed by atoms with Crippen molar-refractivity contribution in [2.45, 2.75) is 19.4 Å². The van der Waals surface area contributed by atoms with E-state index in [0.717, 1.165) is 44.2 Å². The molecule has 1 atom stereocenters. The molecule has 0 bridgehead atoms. The normalized spacial score (nSPS) is 18.8. The zero-order valence-electron chi connectivity index (χ0n) is 16.5. The average Bonchev–Trinajstić information content (AvgIpc) is 3.10. The van der Waals surface area contributed by atoms with Gasteiger partial charge in [-0.05, 0) is 37.1 Å². The van der Waals surface area contributed by atoms with E-state index < -0.39 is 0 Å². The highest BCUT2D eigenvalue weighted by atomic mass is 19.1. The van der Waals surface area contributed by atoms with Crippen LogP contribution in [0.15, 0.2) is 60.9 Å². The standard InChI is InChI=1S/C23H24FN5/c1-17-14-18-6-2-4-8-20(18)29(17)23-15-22(25-16-26-23)28-12-10-27(11-13-28)21-9-5-3-7-19(21)24/h2-9,15-17H,10-14H2,1H3. The van der Waals surface area contributed by atoms with Gasteiger partial charge in [0.05, 0.1) is 5.69 Å².